The molecule has 0 saturated carbocycles. The smallest absolute Gasteiger partial charge is 0.305 e. The van der Waals surface area contributed by atoms with Crippen LogP contribution in [0.15, 0.2) is 31.0 Å². The van der Waals surface area contributed by atoms with Gasteiger partial charge in [0.05, 0.1) is 12.0 Å². The Morgan fingerprint density at radius 3 is 2.75 bits per heavy atom. The molecule has 0 aliphatic heterocycles. The lowest BCUT2D eigenvalue weighted by molar-refractivity contribution is -0.137. The van der Waals surface area contributed by atoms with Crippen molar-refractivity contribution in [1.29, 1.82) is 0 Å². The highest BCUT2D eigenvalue weighted by Gasteiger charge is 2.13. The second-order valence-electron chi connectivity index (χ2n) is 4.12. The zero-order valence-electron chi connectivity index (χ0n) is 10.8. The van der Waals surface area contributed by atoms with Crippen LogP contribution < -0.4 is 0 Å². The SMILES string of the molecule is CN(CCC(=O)O)C(=O)c1ccc(-n2cncn2)nc1. The number of carbonyl (C=O) groups is 2. The molecule has 0 aliphatic carbocycles. The molecule has 0 saturated heterocycles. The molecule has 1 N–H and O–H groups in total. The summed E-state index contributed by atoms with van der Waals surface area (Å²) in [6, 6.07) is 3.26. The molecule has 0 aromatic carbocycles. The molecule has 2 aromatic heterocycles. The lowest BCUT2D eigenvalue weighted by Crippen LogP contribution is -2.29. The van der Waals surface area contributed by atoms with E-state index in [2.05, 4.69) is 15.1 Å². The van der Waals surface area contributed by atoms with Crippen LogP contribution in [0.5, 0.6) is 0 Å². The third-order valence-electron chi connectivity index (χ3n) is 2.66. The van der Waals surface area contributed by atoms with Crippen LogP contribution in [0.4, 0.5) is 0 Å². The molecule has 0 bridgehead atoms. The Balaban J connectivity index is 2.06. The van der Waals surface area contributed by atoms with Crippen molar-refractivity contribution < 1.29 is 14.7 Å². The maximum atomic E-state index is 12.0. The number of aromatic nitrogens is 4. The molecule has 0 unspecified atom stereocenters. The van der Waals surface area contributed by atoms with Gasteiger partial charge in [-0.2, -0.15) is 5.10 Å². The van der Waals surface area contributed by atoms with E-state index in [1.54, 1.807) is 19.2 Å². The highest BCUT2D eigenvalue weighted by molar-refractivity contribution is 5.94. The van der Waals surface area contributed by atoms with Gasteiger partial charge in [-0.25, -0.2) is 14.6 Å². The summed E-state index contributed by atoms with van der Waals surface area (Å²) in [5.74, 6) is -0.666. The molecule has 0 spiro atoms. The lowest BCUT2D eigenvalue weighted by Gasteiger charge is -2.15. The fraction of sp³-hybridized carbons (Fsp3) is 0.250. The van der Waals surface area contributed by atoms with E-state index in [9.17, 15) is 9.59 Å². The monoisotopic (exact) mass is 275 g/mol. The first kappa shape index (κ1) is 13.7. The van der Waals surface area contributed by atoms with E-state index in [-0.39, 0.29) is 18.9 Å². The van der Waals surface area contributed by atoms with E-state index >= 15 is 0 Å². The summed E-state index contributed by atoms with van der Waals surface area (Å²) < 4.78 is 1.47. The van der Waals surface area contributed by atoms with Crippen LogP contribution in [-0.2, 0) is 4.79 Å². The second kappa shape index (κ2) is 5.91. The zero-order valence-corrected chi connectivity index (χ0v) is 10.8. The first-order chi connectivity index (χ1) is 9.58. The van der Waals surface area contributed by atoms with Crippen LogP contribution in [-0.4, -0.2) is 55.2 Å². The minimum absolute atomic E-state index is 0.0906. The number of pyridine rings is 1. The molecule has 0 fully saturated rings. The Labute approximate surface area is 114 Å². The largest absolute Gasteiger partial charge is 0.481 e. The van der Waals surface area contributed by atoms with Gasteiger partial charge in [0.25, 0.3) is 5.91 Å². The maximum absolute atomic E-state index is 12.0. The average molecular weight is 275 g/mol. The Hall–Kier alpha value is -2.77. The third kappa shape index (κ3) is 3.16. The van der Waals surface area contributed by atoms with E-state index in [4.69, 9.17) is 5.11 Å². The molecule has 1 amide bonds. The van der Waals surface area contributed by atoms with Crippen molar-refractivity contribution in [3.05, 3.63) is 36.5 Å². The fourth-order valence-electron chi connectivity index (χ4n) is 1.56. The van der Waals surface area contributed by atoms with E-state index < -0.39 is 5.97 Å². The van der Waals surface area contributed by atoms with E-state index in [0.29, 0.717) is 11.4 Å². The number of rotatable bonds is 5. The second-order valence-corrected chi connectivity index (χ2v) is 4.12. The van der Waals surface area contributed by atoms with Gasteiger partial charge in [-0.1, -0.05) is 0 Å². The summed E-state index contributed by atoms with van der Waals surface area (Å²) in [5, 5.41) is 12.5. The normalized spacial score (nSPS) is 10.2. The van der Waals surface area contributed by atoms with Gasteiger partial charge in [-0.15, -0.1) is 0 Å². The number of hydrogen-bond acceptors (Lipinski definition) is 5. The van der Waals surface area contributed by atoms with Gasteiger partial charge in [0.15, 0.2) is 5.82 Å². The summed E-state index contributed by atoms with van der Waals surface area (Å²) >= 11 is 0. The summed E-state index contributed by atoms with van der Waals surface area (Å²) in [7, 11) is 1.55. The van der Waals surface area contributed by atoms with Crippen molar-refractivity contribution in [2.75, 3.05) is 13.6 Å². The fourth-order valence-corrected chi connectivity index (χ4v) is 1.56. The number of hydrogen-bond donors (Lipinski definition) is 1. The minimum atomic E-state index is -0.940. The van der Waals surface area contributed by atoms with Crippen molar-refractivity contribution in [1.82, 2.24) is 24.6 Å². The van der Waals surface area contributed by atoms with Crippen LogP contribution in [0.25, 0.3) is 5.82 Å². The topological polar surface area (TPSA) is 101 Å². The van der Waals surface area contributed by atoms with Gasteiger partial charge in [-0.3, -0.25) is 9.59 Å². The molecule has 0 aliphatic rings. The maximum Gasteiger partial charge on any atom is 0.305 e. The van der Waals surface area contributed by atoms with Crippen molar-refractivity contribution in [2.45, 2.75) is 6.42 Å². The molecule has 104 valence electrons. The highest BCUT2D eigenvalue weighted by Crippen LogP contribution is 2.06. The summed E-state index contributed by atoms with van der Waals surface area (Å²) in [5.41, 5.74) is 0.391. The predicted molar refractivity (Wildman–Crippen MR) is 68.4 cm³/mol. The number of carboxylic acids is 1. The lowest BCUT2D eigenvalue weighted by atomic mass is 10.2. The molecule has 2 aromatic rings. The molecule has 8 heteroatoms. The molecule has 2 heterocycles. The first-order valence-corrected chi connectivity index (χ1v) is 5.86. The first-order valence-electron chi connectivity index (χ1n) is 5.86. The minimum Gasteiger partial charge on any atom is -0.481 e. The van der Waals surface area contributed by atoms with Gasteiger partial charge in [0.2, 0.25) is 0 Å². The van der Waals surface area contributed by atoms with Gasteiger partial charge < -0.3 is 10.0 Å². The molecule has 0 atom stereocenters. The van der Waals surface area contributed by atoms with Crippen LogP contribution in [0.3, 0.4) is 0 Å². The van der Waals surface area contributed by atoms with Crippen molar-refractivity contribution in [2.24, 2.45) is 0 Å². The third-order valence-corrected chi connectivity index (χ3v) is 2.66. The Morgan fingerprint density at radius 2 is 2.20 bits per heavy atom. The Morgan fingerprint density at radius 1 is 1.40 bits per heavy atom. The molecular formula is C12H13N5O3. The molecule has 8 nitrogen and oxygen atoms in total. The standard InChI is InChI=1S/C12H13N5O3/c1-16(5-4-11(18)19)12(20)9-2-3-10(14-6-9)17-8-13-7-15-17/h2-3,6-8H,4-5H2,1H3,(H,18,19). The zero-order chi connectivity index (χ0) is 14.5. The Bertz CT molecular complexity index is 594. The number of carbonyl (C=O) groups excluding carboxylic acids is 1. The highest BCUT2D eigenvalue weighted by atomic mass is 16.4. The van der Waals surface area contributed by atoms with Gasteiger partial charge >= 0.3 is 5.97 Å². The van der Waals surface area contributed by atoms with E-state index in [1.807, 2.05) is 0 Å². The van der Waals surface area contributed by atoms with Crippen LogP contribution >= 0.6 is 0 Å². The molecule has 20 heavy (non-hydrogen) atoms. The number of amides is 1. The quantitative estimate of drug-likeness (QED) is 0.837. The van der Waals surface area contributed by atoms with Crippen LogP contribution in [0.1, 0.15) is 16.8 Å². The molecular weight excluding hydrogens is 262 g/mol. The summed E-state index contributed by atoms with van der Waals surface area (Å²) in [6.45, 7) is 0.152. The summed E-state index contributed by atoms with van der Waals surface area (Å²) in [4.78, 5) is 31.8. The average Bonchev–Trinajstić information content (AvgIpc) is 2.98. The number of nitrogens with zero attached hydrogens (tertiary/aromatic N) is 5. The Kier molecular flexibility index (Phi) is 4.04. The number of aliphatic carboxylic acids is 1. The van der Waals surface area contributed by atoms with Crippen molar-refractivity contribution in [3.8, 4) is 5.82 Å². The van der Waals surface area contributed by atoms with Gasteiger partial charge in [-0.05, 0) is 12.1 Å². The van der Waals surface area contributed by atoms with Crippen molar-refractivity contribution >= 4 is 11.9 Å². The predicted octanol–water partition coefficient (Wildman–Crippen LogP) is 0.209. The van der Waals surface area contributed by atoms with Crippen molar-refractivity contribution in [3.63, 3.8) is 0 Å². The molecule has 2 rings (SSSR count). The number of carboxylic acid groups (broad SMARTS) is 1. The van der Waals surface area contributed by atoms with E-state index in [1.165, 1.54) is 28.4 Å². The van der Waals surface area contributed by atoms with E-state index in [0.717, 1.165) is 0 Å². The van der Waals surface area contributed by atoms with Gasteiger partial charge in [0.1, 0.15) is 12.7 Å². The molecule has 0 radical (unpaired) electrons. The van der Waals surface area contributed by atoms with Crippen LogP contribution in [0, 0.1) is 0 Å². The van der Waals surface area contributed by atoms with Gasteiger partial charge in [0, 0.05) is 19.8 Å². The summed E-state index contributed by atoms with van der Waals surface area (Å²) in [6.07, 6.45) is 4.23. The van der Waals surface area contributed by atoms with Crippen LogP contribution in [0.2, 0.25) is 0 Å².